The van der Waals surface area contributed by atoms with Crippen LogP contribution in [0, 0.1) is 11.2 Å². The SMILES string of the molecule is O=C(c1ccco1)N1CC[C@@]2(CCCN(Cc3ccc(F)cc3)C2)C1. The molecule has 4 rings (SSSR count). The van der Waals surface area contributed by atoms with Crippen LogP contribution in [0.5, 0.6) is 0 Å². The van der Waals surface area contributed by atoms with Crippen LogP contribution >= 0.6 is 0 Å². The quantitative estimate of drug-likeness (QED) is 0.856. The molecule has 1 spiro atoms. The van der Waals surface area contributed by atoms with Gasteiger partial charge in [0, 0.05) is 31.6 Å². The van der Waals surface area contributed by atoms with Gasteiger partial charge in [-0.15, -0.1) is 0 Å². The van der Waals surface area contributed by atoms with Crippen molar-refractivity contribution in [1.29, 1.82) is 0 Å². The number of benzene rings is 1. The maximum absolute atomic E-state index is 13.1. The summed E-state index contributed by atoms with van der Waals surface area (Å²) in [4.78, 5) is 16.9. The Kier molecular flexibility index (Phi) is 4.34. The first-order valence-corrected chi connectivity index (χ1v) is 8.93. The highest BCUT2D eigenvalue weighted by atomic mass is 19.1. The Morgan fingerprint density at radius 1 is 1.12 bits per heavy atom. The lowest BCUT2D eigenvalue weighted by Crippen LogP contribution is -2.45. The Labute approximate surface area is 147 Å². The van der Waals surface area contributed by atoms with Crippen LogP contribution in [0.4, 0.5) is 4.39 Å². The highest BCUT2D eigenvalue weighted by molar-refractivity contribution is 5.91. The number of rotatable bonds is 3. The molecule has 0 unspecified atom stereocenters. The first-order valence-electron chi connectivity index (χ1n) is 8.93. The molecule has 132 valence electrons. The second kappa shape index (κ2) is 6.64. The summed E-state index contributed by atoms with van der Waals surface area (Å²) >= 11 is 0. The van der Waals surface area contributed by atoms with Gasteiger partial charge in [-0.05, 0) is 55.6 Å². The molecule has 1 amide bonds. The van der Waals surface area contributed by atoms with Gasteiger partial charge in [-0.1, -0.05) is 12.1 Å². The fourth-order valence-electron chi connectivity index (χ4n) is 4.29. The standard InChI is InChI=1S/C20H23FN2O2/c21-17-6-4-16(5-7-17)13-22-10-2-8-20(14-22)9-11-23(15-20)19(24)18-3-1-12-25-18/h1,3-7,12H,2,8-11,13-15H2/t20-/m1/s1. The first kappa shape index (κ1) is 16.3. The van der Waals surface area contributed by atoms with Crippen molar-refractivity contribution in [3.05, 3.63) is 59.8 Å². The van der Waals surface area contributed by atoms with E-state index in [1.54, 1.807) is 18.4 Å². The van der Waals surface area contributed by atoms with Crippen LogP contribution in [0.25, 0.3) is 0 Å². The van der Waals surface area contributed by atoms with Gasteiger partial charge in [0.15, 0.2) is 5.76 Å². The summed E-state index contributed by atoms with van der Waals surface area (Å²) in [6.07, 6.45) is 4.89. The van der Waals surface area contributed by atoms with Gasteiger partial charge in [0.2, 0.25) is 0 Å². The number of hydrogen-bond acceptors (Lipinski definition) is 3. The van der Waals surface area contributed by atoms with E-state index in [0.717, 1.165) is 57.5 Å². The third-order valence-electron chi connectivity index (χ3n) is 5.52. The maximum atomic E-state index is 13.1. The summed E-state index contributed by atoms with van der Waals surface area (Å²) in [5.41, 5.74) is 1.32. The number of carbonyl (C=O) groups excluding carboxylic acids is 1. The van der Waals surface area contributed by atoms with E-state index in [1.165, 1.54) is 12.1 Å². The molecule has 0 bridgehead atoms. The molecule has 2 aliphatic heterocycles. The van der Waals surface area contributed by atoms with E-state index in [9.17, 15) is 9.18 Å². The minimum absolute atomic E-state index is 0.00228. The number of furan rings is 1. The molecule has 2 aromatic rings. The Hall–Kier alpha value is -2.14. The van der Waals surface area contributed by atoms with Crippen LogP contribution in [0.1, 0.15) is 35.4 Å². The average Bonchev–Trinajstić information content (AvgIpc) is 3.27. The number of halogens is 1. The Morgan fingerprint density at radius 3 is 2.72 bits per heavy atom. The van der Waals surface area contributed by atoms with E-state index < -0.39 is 0 Å². The summed E-state index contributed by atoms with van der Waals surface area (Å²) in [7, 11) is 0. The van der Waals surface area contributed by atoms with E-state index in [4.69, 9.17) is 4.42 Å². The minimum Gasteiger partial charge on any atom is -0.459 e. The fraction of sp³-hybridized carbons (Fsp3) is 0.450. The van der Waals surface area contributed by atoms with Crippen molar-refractivity contribution in [1.82, 2.24) is 9.80 Å². The van der Waals surface area contributed by atoms with Gasteiger partial charge in [0.25, 0.3) is 5.91 Å². The lowest BCUT2D eigenvalue weighted by molar-refractivity contribution is 0.0651. The van der Waals surface area contributed by atoms with Gasteiger partial charge in [0.1, 0.15) is 5.82 Å². The largest absolute Gasteiger partial charge is 0.459 e. The minimum atomic E-state index is -0.193. The molecule has 1 aromatic heterocycles. The summed E-state index contributed by atoms with van der Waals surface area (Å²) in [5, 5.41) is 0. The van der Waals surface area contributed by atoms with Crippen molar-refractivity contribution in [2.45, 2.75) is 25.8 Å². The molecule has 4 nitrogen and oxygen atoms in total. The fourth-order valence-corrected chi connectivity index (χ4v) is 4.29. The smallest absolute Gasteiger partial charge is 0.289 e. The van der Waals surface area contributed by atoms with Crippen molar-refractivity contribution in [3.8, 4) is 0 Å². The number of amides is 1. The normalized spacial score (nSPS) is 24.1. The summed E-state index contributed by atoms with van der Waals surface area (Å²) < 4.78 is 18.3. The molecule has 1 aromatic carbocycles. The maximum Gasteiger partial charge on any atom is 0.289 e. The predicted octanol–water partition coefficient (Wildman–Crippen LogP) is 3.55. The zero-order valence-corrected chi connectivity index (χ0v) is 14.3. The van der Waals surface area contributed by atoms with Crippen molar-refractivity contribution < 1.29 is 13.6 Å². The van der Waals surface area contributed by atoms with Gasteiger partial charge in [-0.2, -0.15) is 0 Å². The zero-order chi connectivity index (χ0) is 17.3. The lowest BCUT2D eigenvalue weighted by Gasteiger charge is -2.40. The molecule has 0 N–H and O–H groups in total. The third kappa shape index (κ3) is 3.47. The van der Waals surface area contributed by atoms with Crippen LogP contribution in [0.2, 0.25) is 0 Å². The molecule has 2 fully saturated rings. The van der Waals surface area contributed by atoms with Crippen LogP contribution in [0.3, 0.4) is 0 Å². The molecule has 3 heterocycles. The van der Waals surface area contributed by atoms with E-state index in [1.807, 2.05) is 17.0 Å². The molecule has 1 atom stereocenters. The Bertz CT molecular complexity index is 729. The summed E-state index contributed by atoms with van der Waals surface area (Å²) in [5.74, 6) is 0.232. The van der Waals surface area contributed by atoms with Crippen molar-refractivity contribution in [2.24, 2.45) is 5.41 Å². The van der Waals surface area contributed by atoms with Crippen LogP contribution in [0.15, 0.2) is 47.1 Å². The van der Waals surface area contributed by atoms with Crippen LogP contribution in [-0.2, 0) is 6.54 Å². The van der Waals surface area contributed by atoms with Gasteiger partial charge in [-0.25, -0.2) is 4.39 Å². The number of carbonyl (C=O) groups is 1. The molecule has 0 radical (unpaired) electrons. The zero-order valence-electron chi connectivity index (χ0n) is 14.3. The summed E-state index contributed by atoms with van der Waals surface area (Å²) in [6, 6.07) is 10.2. The van der Waals surface area contributed by atoms with Gasteiger partial charge in [-0.3, -0.25) is 9.69 Å². The Balaban J connectivity index is 1.40. The predicted molar refractivity (Wildman–Crippen MR) is 92.6 cm³/mol. The van der Waals surface area contributed by atoms with Crippen molar-refractivity contribution in [2.75, 3.05) is 26.2 Å². The second-order valence-corrected chi connectivity index (χ2v) is 7.39. The highest BCUT2D eigenvalue weighted by Crippen LogP contribution is 2.39. The number of piperidine rings is 1. The Morgan fingerprint density at radius 2 is 1.96 bits per heavy atom. The molecule has 5 heteroatoms. The first-order chi connectivity index (χ1) is 12.1. The lowest BCUT2D eigenvalue weighted by atomic mass is 9.79. The number of nitrogens with zero attached hydrogens (tertiary/aromatic N) is 2. The molecule has 0 aliphatic carbocycles. The molecule has 2 saturated heterocycles. The second-order valence-electron chi connectivity index (χ2n) is 7.39. The molecule has 0 saturated carbocycles. The molecular weight excluding hydrogens is 319 g/mol. The van der Waals surface area contributed by atoms with E-state index in [-0.39, 0.29) is 17.1 Å². The monoisotopic (exact) mass is 342 g/mol. The topological polar surface area (TPSA) is 36.7 Å². The number of likely N-dealkylation sites (tertiary alicyclic amines) is 2. The highest BCUT2D eigenvalue weighted by Gasteiger charge is 2.43. The van der Waals surface area contributed by atoms with E-state index in [2.05, 4.69) is 4.90 Å². The van der Waals surface area contributed by atoms with Crippen LogP contribution < -0.4 is 0 Å². The molecular formula is C20H23FN2O2. The van der Waals surface area contributed by atoms with Crippen molar-refractivity contribution in [3.63, 3.8) is 0 Å². The average molecular weight is 342 g/mol. The molecule has 25 heavy (non-hydrogen) atoms. The molecule has 2 aliphatic rings. The number of hydrogen-bond donors (Lipinski definition) is 0. The van der Waals surface area contributed by atoms with Gasteiger partial charge >= 0.3 is 0 Å². The summed E-state index contributed by atoms with van der Waals surface area (Å²) in [6.45, 7) is 4.49. The van der Waals surface area contributed by atoms with Crippen molar-refractivity contribution >= 4 is 5.91 Å². The third-order valence-corrected chi connectivity index (χ3v) is 5.52. The van der Waals surface area contributed by atoms with Gasteiger partial charge < -0.3 is 9.32 Å². The van der Waals surface area contributed by atoms with E-state index >= 15 is 0 Å². The van der Waals surface area contributed by atoms with Gasteiger partial charge in [0.05, 0.1) is 6.26 Å². The van der Waals surface area contributed by atoms with Crippen LogP contribution in [-0.4, -0.2) is 41.9 Å². The van der Waals surface area contributed by atoms with E-state index in [0.29, 0.717) is 5.76 Å².